The van der Waals surface area contributed by atoms with E-state index in [2.05, 4.69) is 15.5 Å². The second-order valence-corrected chi connectivity index (χ2v) is 9.67. The van der Waals surface area contributed by atoms with Crippen LogP contribution in [-0.4, -0.2) is 72.6 Å². The van der Waals surface area contributed by atoms with Gasteiger partial charge in [-0.15, -0.1) is 0 Å². The quantitative estimate of drug-likeness (QED) is 0.737. The van der Waals surface area contributed by atoms with Gasteiger partial charge in [-0.05, 0) is 45.7 Å². The molecule has 1 spiro atoms. The number of hydrogen-bond donors (Lipinski definition) is 2. The highest BCUT2D eigenvalue weighted by atomic mass is 16.7. The SMILES string of the molecule is CC(C)(C)OC(=O)N1CCN(CCNC(=O)Nc2ccc3c(c2)OC2(CCCC2)O3)CC1. The van der Waals surface area contributed by atoms with Gasteiger partial charge in [0.2, 0.25) is 0 Å². The van der Waals surface area contributed by atoms with Gasteiger partial charge in [-0.3, -0.25) is 4.90 Å². The highest BCUT2D eigenvalue weighted by Gasteiger charge is 2.44. The number of piperazine rings is 1. The lowest BCUT2D eigenvalue weighted by molar-refractivity contribution is -0.0716. The Morgan fingerprint density at radius 2 is 1.75 bits per heavy atom. The highest BCUT2D eigenvalue weighted by Crippen LogP contribution is 2.47. The van der Waals surface area contributed by atoms with Crippen LogP contribution in [0.25, 0.3) is 0 Å². The van der Waals surface area contributed by atoms with Gasteiger partial charge in [0.05, 0.1) is 0 Å². The van der Waals surface area contributed by atoms with Crippen LogP contribution in [0.1, 0.15) is 46.5 Å². The number of nitrogens with one attached hydrogen (secondary N) is 2. The average molecular weight is 447 g/mol. The minimum absolute atomic E-state index is 0.258. The van der Waals surface area contributed by atoms with Crippen molar-refractivity contribution in [1.82, 2.24) is 15.1 Å². The highest BCUT2D eigenvalue weighted by molar-refractivity contribution is 5.89. The third kappa shape index (κ3) is 5.56. The Labute approximate surface area is 189 Å². The molecule has 0 aromatic heterocycles. The van der Waals surface area contributed by atoms with E-state index in [4.69, 9.17) is 14.2 Å². The topological polar surface area (TPSA) is 92.4 Å². The van der Waals surface area contributed by atoms with E-state index in [1.165, 1.54) is 0 Å². The second-order valence-electron chi connectivity index (χ2n) is 9.67. The summed E-state index contributed by atoms with van der Waals surface area (Å²) in [5.74, 6) is 0.924. The van der Waals surface area contributed by atoms with Gasteiger partial charge in [0.1, 0.15) is 5.60 Å². The molecule has 1 saturated carbocycles. The van der Waals surface area contributed by atoms with Crippen LogP contribution < -0.4 is 20.1 Å². The van der Waals surface area contributed by atoms with Gasteiger partial charge in [-0.25, -0.2) is 9.59 Å². The number of benzene rings is 1. The molecular formula is C23H34N4O5. The molecule has 0 radical (unpaired) electrons. The van der Waals surface area contributed by atoms with E-state index in [1.807, 2.05) is 39.0 Å². The smallest absolute Gasteiger partial charge is 0.410 e. The first-order chi connectivity index (χ1) is 15.2. The minimum Gasteiger partial charge on any atom is -0.448 e. The molecule has 0 atom stereocenters. The fourth-order valence-corrected chi connectivity index (χ4v) is 4.27. The Morgan fingerprint density at radius 1 is 1.06 bits per heavy atom. The summed E-state index contributed by atoms with van der Waals surface area (Å²) in [6.45, 7) is 9.61. The van der Waals surface area contributed by atoms with Gasteiger partial charge in [-0.1, -0.05) is 0 Å². The fraction of sp³-hybridized carbons (Fsp3) is 0.652. The predicted molar refractivity (Wildman–Crippen MR) is 120 cm³/mol. The van der Waals surface area contributed by atoms with Crippen LogP contribution in [0.2, 0.25) is 0 Å². The van der Waals surface area contributed by atoms with Crippen LogP contribution in [0.15, 0.2) is 18.2 Å². The molecule has 9 nitrogen and oxygen atoms in total. The van der Waals surface area contributed by atoms with Crippen LogP contribution in [0.3, 0.4) is 0 Å². The zero-order valence-electron chi connectivity index (χ0n) is 19.2. The molecule has 32 heavy (non-hydrogen) atoms. The van der Waals surface area contributed by atoms with Crippen molar-refractivity contribution in [1.29, 1.82) is 0 Å². The van der Waals surface area contributed by atoms with E-state index < -0.39 is 11.4 Å². The molecule has 176 valence electrons. The normalized spacial score (nSPS) is 19.8. The molecule has 1 aliphatic carbocycles. The van der Waals surface area contributed by atoms with Crippen molar-refractivity contribution in [2.75, 3.05) is 44.6 Å². The summed E-state index contributed by atoms with van der Waals surface area (Å²) >= 11 is 0. The molecule has 0 unspecified atom stereocenters. The van der Waals surface area contributed by atoms with Crippen LogP contribution >= 0.6 is 0 Å². The van der Waals surface area contributed by atoms with Gasteiger partial charge in [0.15, 0.2) is 11.5 Å². The monoisotopic (exact) mass is 446 g/mol. The van der Waals surface area contributed by atoms with Crippen molar-refractivity contribution >= 4 is 17.8 Å². The van der Waals surface area contributed by atoms with Crippen LogP contribution in [-0.2, 0) is 4.74 Å². The maximum Gasteiger partial charge on any atom is 0.410 e. The lowest BCUT2D eigenvalue weighted by Crippen LogP contribution is -2.51. The molecule has 9 heteroatoms. The Hall–Kier alpha value is -2.68. The Balaban J connectivity index is 1.16. The van der Waals surface area contributed by atoms with E-state index in [0.717, 1.165) is 51.1 Å². The Bertz CT molecular complexity index is 839. The van der Waals surface area contributed by atoms with Crippen molar-refractivity contribution in [2.24, 2.45) is 0 Å². The Morgan fingerprint density at radius 3 is 2.44 bits per heavy atom. The van der Waals surface area contributed by atoms with Gasteiger partial charge < -0.3 is 29.7 Å². The van der Waals surface area contributed by atoms with Crippen LogP contribution in [0.4, 0.5) is 15.3 Å². The summed E-state index contributed by atoms with van der Waals surface area (Å²) in [6, 6.07) is 5.23. The molecule has 2 aliphatic heterocycles. The zero-order valence-corrected chi connectivity index (χ0v) is 19.2. The molecule has 4 rings (SSSR count). The number of ether oxygens (including phenoxy) is 3. The van der Waals surface area contributed by atoms with Gasteiger partial charge in [0, 0.05) is 63.9 Å². The molecule has 2 N–H and O–H groups in total. The van der Waals surface area contributed by atoms with E-state index in [-0.39, 0.29) is 12.1 Å². The number of urea groups is 1. The minimum atomic E-state index is -0.503. The number of hydrogen-bond acceptors (Lipinski definition) is 6. The van der Waals surface area contributed by atoms with E-state index in [1.54, 1.807) is 4.90 Å². The fourth-order valence-electron chi connectivity index (χ4n) is 4.27. The predicted octanol–water partition coefficient (Wildman–Crippen LogP) is 3.40. The number of rotatable bonds is 4. The molecule has 3 aliphatic rings. The van der Waals surface area contributed by atoms with Crippen LogP contribution in [0.5, 0.6) is 11.5 Å². The van der Waals surface area contributed by atoms with Crippen molar-refractivity contribution < 1.29 is 23.8 Å². The van der Waals surface area contributed by atoms with E-state index in [0.29, 0.717) is 31.1 Å². The first-order valence-electron chi connectivity index (χ1n) is 11.5. The van der Waals surface area contributed by atoms with Crippen molar-refractivity contribution in [3.8, 4) is 11.5 Å². The standard InChI is InChI=1S/C23H34N4O5/c1-22(2,3)32-21(29)27-14-12-26(13-15-27)11-10-24-20(28)25-17-6-7-18-19(16-17)31-23(30-18)8-4-5-9-23/h6-7,16H,4-5,8-15H2,1-3H3,(H2,24,25,28). The van der Waals surface area contributed by atoms with E-state index >= 15 is 0 Å². The lowest BCUT2D eigenvalue weighted by Gasteiger charge is -2.35. The van der Waals surface area contributed by atoms with Crippen LogP contribution in [0, 0.1) is 0 Å². The summed E-state index contributed by atoms with van der Waals surface area (Å²) in [7, 11) is 0. The number of anilines is 1. The molecule has 2 fully saturated rings. The zero-order chi connectivity index (χ0) is 22.8. The number of nitrogens with zero attached hydrogens (tertiary/aromatic N) is 2. The molecule has 1 saturated heterocycles. The summed E-state index contributed by atoms with van der Waals surface area (Å²) in [4.78, 5) is 28.4. The molecule has 1 aromatic carbocycles. The number of amides is 3. The number of carbonyl (C=O) groups is 2. The third-order valence-electron chi connectivity index (χ3n) is 5.90. The molecule has 1 aromatic rings. The second kappa shape index (κ2) is 9.05. The number of carbonyl (C=O) groups excluding carboxylic acids is 2. The van der Waals surface area contributed by atoms with Crippen molar-refractivity contribution in [3.63, 3.8) is 0 Å². The first kappa shape index (κ1) is 22.5. The molecule has 2 heterocycles. The van der Waals surface area contributed by atoms with Gasteiger partial charge in [0.25, 0.3) is 5.79 Å². The van der Waals surface area contributed by atoms with Crippen molar-refractivity contribution in [2.45, 2.75) is 57.8 Å². The third-order valence-corrected chi connectivity index (χ3v) is 5.90. The first-order valence-corrected chi connectivity index (χ1v) is 11.5. The summed E-state index contributed by atoms with van der Waals surface area (Å²) in [5.41, 5.74) is 0.187. The van der Waals surface area contributed by atoms with E-state index in [9.17, 15) is 9.59 Å². The molecule has 3 amide bonds. The maximum absolute atomic E-state index is 12.3. The molecular weight excluding hydrogens is 412 g/mol. The largest absolute Gasteiger partial charge is 0.448 e. The molecule has 0 bridgehead atoms. The maximum atomic E-state index is 12.3. The average Bonchev–Trinajstić information content (AvgIpc) is 3.32. The van der Waals surface area contributed by atoms with Gasteiger partial charge >= 0.3 is 12.1 Å². The van der Waals surface area contributed by atoms with Crippen molar-refractivity contribution in [3.05, 3.63) is 18.2 Å². The number of fused-ring (bicyclic) bond motifs is 1. The lowest BCUT2D eigenvalue weighted by atomic mass is 10.2. The summed E-state index contributed by atoms with van der Waals surface area (Å²) < 4.78 is 17.5. The van der Waals surface area contributed by atoms with Gasteiger partial charge in [-0.2, -0.15) is 0 Å². The summed E-state index contributed by atoms with van der Waals surface area (Å²) in [6.07, 6.45) is 3.75. The Kier molecular flexibility index (Phi) is 6.37. The summed E-state index contributed by atoms with van der Waals surface area (Å²) in [5, 5.41) is 5.75.